The molecule has 3 atom stereocenters. The molecule has 2 aromatic rings. The van der Waals surface area contributed by atoms with Crippen molar-refractivity contribution in [2.45, 2.75) is 50.2 Å². The summed E-state index contributed by atoms with van der Waals surface area (Å²) in [6, 6.07) is 4.19. The smallest absolute Gasteiger partial charge is 0.252 e. The lowest BCUT2D eigenvalue weighted by molar-refractivity contribution is 0.100. The molecule has 7 heteroatoms. The van der Waals surface area contributed by atoms with Gasteiger partial charge in [0.2, 0.25) is 0 Å². The summed E-state index contributed by atoms with van der Waals surface area (Å²) in [4.78, 5) is 22.9. The Hall–Kier alpha value is -2.96. The lowest BCUT2D eigenvalue weighted by Crippen LogP contribution is -2.47. The summed E-state index contributed by atoms with van der Waals surface area (Å²) >= 11 is 0. The van der Waals surface area contributed by atoms with Crippen molar-refractivity contribution in [1.29, 1.82) is 0 Å². The lowest BCUT2D eigenvalue weighted by atomic mass is 9.96. The van der Waals surface area contributed by atoms with E-state index in [4.69, 9.17) is 5.73 Å². The molecule has 2 fully saturated rings. The third-order valence-electron chi connectivity index (χ3n) is 6.12. The standard InChI is InChI=1S/C21H22FN5O/c22-12-4-7-19(25-10-12)27-14-5-6-15(27)9-13(8-14)26-20-16-2-1-3-18(16)24-11-17(20)21(23)28/h1-2,4,7,10-11,13-15H,3,5-6,8-9H2,(H2,23,28)(H,24,26)/t13?,14-,15+. The van der Waals surface area contributed by atoms with Crippen LogP contribution in [-0.4, -0.2) is 34.0 Å². The molecule has 144 valence electrons. The number of rotatable bonds is 4. The number of nitrogens with two attached hydrogens (primary N) is 1. The molecule has 0 radical (unpaired) electrons. The van der Waals surface area contributed by atoms with Crippen molar-refractivity contribution in [3.05, 3.63) is 53.2 Å². The van der Waals surface area contributed by atoms with Crippen molar-refractivity contribution in [2.24, 2.45) is 5.73 Å². The van der Waals surface area contributed by atoms with E-state index in [9.17, 15) is 9.18 Å². The predicted molar refractivity (Wildman–Crippen MR) is 106 cm³/mol. The van der Waals surface area contributed by atoms with Crippen LogP contribution in [0.15, 0.2) is 30.6 Å². The van der Waals surface area contributed by atoms with Gasteiger partial charge in [-0.05, 0) is 37.8 Å². The van der Waals surface area contributed by atoms with Crippen LogP contribution in [0.5, 0.6) is 0 Å². The van der Waals surface area contributed by atoms with Gasteiger partial charge in [-0.3, -0.25) is 9.78 Å². The number of anilines is 2. The highest BCUT2D eigenvalue weighted by Gasteiger charge is 2.41. The Morgan fingerprint density at radius 1 is 1.18 bits per heavy atom. The van der Waals surface area contributed by atoms with Crippen LogP contribution in [0.3, 0.4) is 0 Å². The summed E-state index contributed by atoms with van der Waals surface area (Å²) in [6.07, 6.45) is 11.8. The van der Waals surface area contributed by atoms with Gasteiger partial charge in [-0.1, -0.05) is 12.2 Å². The minimum atomic E-state index is -0.464. The molecular formula is C21H22FN5O. The normalized spacial score (nSPS) is 25.0. The van der Waals surface area contributed by atoms with E-state index >= 15 is 0 Å². The summed E-state index contributed by atoms with van der Waals surface area (Å²) in [6.45, 7) is 0. The van der Waals surface area contributed by atoms with Crippen molar-refractivity contribution < 1.29 is 9.18 Å². The van der Waals surface area contributed by atoms with E-state index in [0.29, 0.717) is 17.6 Å². The highest BCUT2D eigenvalue weighted by molar-refractivity contribution is 6.00. The number of piperidine rings is 1. The highest BCUT2D eigenvalue weighted by atomic mass is 19.1. The second-order valence-corrected chi connectivity index (χ2v) is 7.82. The van der Waals surface area contributed by atoms with E-state index in [2.05, 4.69) is 26.3 Å². The number of nitrogens with zero attached hydrogens (tertiary/aromatic N) is 3. The zero-order chi connectivity index (χ0) is 19.3. The van der Waals surface area contributed by atoms with Gasteiger partial charge in [0.05, 0.1) is 23.1 Å². The van der Waals surface area contributed by atoms with Gasteiger partial charge in [0.25, 0.3) is 5.91 Å². The Labute approximate surface area is 162 Å². The number of pyridine rings is 2. The second kappa shape index (κ2) is 6.58. The largest absolute Gasteiger partial charge is 0.381 e. The minimum Gasteiger partial charge on any atom is -0.381 e. The molecule has 4 heterocycles. The summed E-state index contributed by atoms with van der Waals surface area (Å²) in [5.74, 6) is 0.0677. The molecule has 2 saturated heterocycles. The van der Waals surface area contributed by atoms with E-state index in [1.807, 2.05) is 6.08 Å². The minimum absolute atomic E-state index is 0.243. The van der Waals surface area contributed by atoms with Crippen LogP contribution >= 0.6 is 0 Å². The first-order chi connectivity index (χ1) is 13.6. The Kier molecular flexibility index (Phi) is 4.03. The lowest BCUT2D eigenvalue weighted by Gasteiger charge is -2.40. The summed E-state index contributed by atoms with van der Waals surface area (Å²) in [7, 11) is 0. The quantitative estimate of drug-likeness (QED) is 0.853. The van der Waals surface area contributed by atoms with Crippen LogP contribution in [-0.2, 0) is 6.42 Å². The van der Waals surface area contributed by atoms with Crippen LogP contribution in [0, 0.1) is 5.82 Å². The molecular weight excluding hydrogens is 357 g/mol. The van der Waals surface area contributed by atoms with Gasteiger partial charge in [-0.2, -0.15) is 0 Å². The molecule has 1 amide bonds. The van der Waals surface area contributed by atoms with E-state index in [1.165, 1.54) is 12.3 Å². The molecule has 1 unspecified atom stereocenters. The zero-order valence-electron chi connectivity index (χ0n) is 15.4. The van der Waals surface area contributed by atoms with Crippen molar-refractivity contribution in [3.8, 4) is 0 Å². The average molecular weight is 379 g/mol. The monoisotopic (exact) mass is 379 g/mol. The van der Waals surface area contributed by atoms with Crippen LogP contribution in [0.2, 0.25) is 0 Å². The number of aromatic nitrogens is 2. The Bertz CT molecular complexity index is 944. The number of halogens is 1. The van der Waals surface area contributed by atoms with Crippen LogP contribution < -0.4 is 16.0 Å². The highest BCUT2D eigenvalue weighted by Crippen LogP contribution is 2.40. The molecule has 3 aliphatic rings. The number of carbonyl (C=O) groups excluding carboxylic acids is 1. The van der Waals surface area contributed by atoms with Crippen molar-refractivity contribution in [3.63, 3.8) is 0 Å². The number of carbonyl (C=O) groups is 1. The molecule has 28 heavy (non-hydrogen) atoms. The maximum absolute atomic E-state index is 13.2. The van der Waals surface area contributed by atoms with E-state index < -0.39 is 5.91 Å². The molecule has 3 N–H and O–H groups in total. The summed E-state index contributed by atoms with van der Waals surface area (Å²) in [5.41, 5.74) is 8.81. The first kappa shape index (κ1) is 17.2. The molecule has 0 saturated carbocycles. The molecule has 2 aliphatic heterocycles. The SMILES string of the molecule is NC(=O)c1cnc2c(c1NC1C[C@H]3CC[C@@H](C1)N3c1ccc(F)cn1)C=CC2. The molecule has 2 aromatic heterocycles. The number of primary amides is 1. The number of hydrogen-bond acceptors (Lipinski definition) is 5. The Morgan fingerprint density at radius 2 is 1.96 bits per heavy atom. The van der Waals surface area contributed by atoms with E-state index in [0.717, 1.165) is 54.9 Å². The Balaban J connectivity index is 1.40. The second-order valence-electron chi connectivity index (χ2n) is 7.82. The molecule has 2 bridgehead atoms. The van der Waals surface area contributed by atoms with Crippen LogP contribution in [0.4, 0.5) is 15.9 Å². The van der Waals surface area contributed by atoms with Crippen molar-refractivity contribution in [2.75, 3.05) is 10.2 Å². The fourth-order valence-electron chi connectivity index (χ4n) is 4.93. The number of amides is 1. The average Bonchev–Trinajstić information content (AvgIpc) is 3.25. The van der Waals surface area contributed by atoms with Gasteiger partial charge in [0.1, 0.15) is 11.6 Å². The zero-order valence-corrected chi connectivity index (χ0v) is 15.4. The Morgan fingerprint density at radius 3 is 2.64 bits per heavy atom. The van der Waals surface area contributed by atoms with Gasteiger partial charge >= 0.3 is 0 Å². The molecule has 1 aliphatic carbocycles. The first-order valence-corrected chi connectivity index (χ1v) is 9.75. The maximum Gasteiger partial charge on any atom is 0.252 e. The topological polar surface area (TPSA) is 84.1 Å². The molecule has 0 spiro atoms. The molecule has 6 nitrogen and oxygen atoms in total. The van der Waals surface area contributed by atoms with Crippen molar-refractivity contribution >= 4 is 23.5 Å². The summed E-state index contributed by atoms with van der Waals surface area (Å²) in [5, 5.41) is 3.61. The fourth-order valence-corrected chi connectivity index (χ4v) is 4.93. The first-order valence-electron chi connectivity index (χ1n) is 9.75. The third kappa shape index (κ3) is 2.82. The van der Waals surface area contributed by atoms with Gasteiger partial charge in [-0.15, -0.1) is 0 Å². The van der Waals surface area contributed by atoms with Gasteiger partial charge < -0.3 is 16.0 Å². The number of nitrogens with one attached hydrogen (secondary N) is 1. The van der Waals surface area contributed by atoms with Crippen LogP contribution in [0.1, 0.15) is 47.3 Å². The van der Waals surface area contributed by atoms with Gasteiger partial charge in [0.15, 0.2) is 0 Å². The molecule has 0 aromatic carbocycles. The predicted octanol–water partition coefficient (Wildman–Crippen LogP) is 2.90. The van der Waals surface area contributed by atoms with Gasteiger partial charge in [-0.25, -0.2) is 9.37 Å². The third-order valence-corrected chi connectivity index (χ3v) is 6.12. The van der Waals surface area contributed by atoms with E-state index in [-0.39, 0.29) is 11.9 Å². The number of hydrogen-bond donors (Lipinski definition) is 2. The maximum atomic E-state index is 13.2. The van der Waals surface area contributed by atoms with Crippen molar-refractivity contribution in [1.82, 2.24) is 9.97 Å². The number of allylic oxidation sites excluding steroid dienone is 1. The van der Waals surface area contributed by atoms with E-state index in [1.54, 1.807) is 12.3 Å². The fraction of sp³-hybridized carbons (Fsp3) is 0.381. The van der Waals surface area contributed by atoms with Crippen LogP contribution in [0.25, 0.3) is 6.08 Å². The molecule has 5 rings (SSSR count). The number of fused-ring (bicyclic) bond motifs is 3. The summed E-state index contributed by atoms with van der Waals surface area (Å²) < 4.78 is 13.2. The van der Waals surface area contributed by atoms with Gasteiger partial charge in [0, 0.05) is 36.3 Å².